The number of aromatic nitrogens is 1. The highest BCUT2D eigenvalue weighted by atomic mass is 32.1. The molecule has 0 bridgehead atoms. The molecule has 1 aromatic heterocycles. The highest BCUT2D eigenvalue weighted by molar-refractivity contribution is 7.14. The number of rotatable bonds is 5. The number of carbonyl (C=O) groups excluding carboxylic acids is 1. The number of aryl methyl sites for hydroxylation is 1. The summed E-state index contributed by atoms with van der Waals surface area (Å²) in [6.45, 7) is 4.65. The lowest BCUT2D eigenvalue weighted by Crippen LogP contribution is -2.27. The number of carbonyl (C=O) groups is 1. The van der Waals surface area contributed by atoms with Crippen molar-refractivity contribution < 1.29 is 4.79 Å². The Morgan fingerprint density at radius 1 is 1.08 bits per heavy atom. The zero-order valence-electron chi connectivity index (χ0n) is 13.8. The zero-order valence-corrected chi connectivity index (χ0v) is 14.6. The maximum Gasteiger partial charge on any atom is 0.263 e. The third-order valence-electron chi connectivity index (χ3n) is 3.92. The molecule has 0 spiro atoms. The smallest absolute Gasteiger partial charge is 0.263 e. The Hall–Kier alpha value is -2.46. The molecule has 1 atom stereocenters. The van der Waals surface area contributed by atoms with Crippen molar-refractivity contribution in [3.05, 3.63) is 76.1 Å². The molecule has 0 aliphatic carbocycles. The van der Waals surface area contributed by atoms with Crippen LogP contribution in [0.5, 0.6) is 0 Å². The Bertz CT molecular complexity index is 812. The predicted octanol–water partition coefficient (Wildman–Crippen LogP) is 4.65. The minimum atomic E-state index is -0.0535. The third-order valence-corrected chi connectivity index (χ3v) is 4.89. The molecule has 0 unspecified atom stereocenters. The van der Waals surface area contributed by atoms with Gasteiger partial charge in [-0.25, -0.2) is 4.98 Å². The number of thiazole rings is 1. The first-order chi connectivity index (χ1) is 11.6. The van der Waals surface area contributed by atoms with Gasteiger partial charge in [0, 0.05) is 12.1 Å². The van der Waals surface area contributed by atoms with Crippen LogP contribution in [-0.2, 0) is 0 Å². The molecule has 0 aliphatic rings. The van der Waals surface area contributed by atoms with Crippen LogP contribution in [0.4, 0.5) is 0 Å². The number of nitrogens with zero attached hydrogens (tertiary/aromatic N) is 1. The molecule has 3 rings (SSSR count). The molecule has 24 heavy (non-hydrogen) atoms. The molecule has 4 heteroatoms. The van der Waals surface area contributed by atoms with Crippen molar-refractivity contribution in [2.75, 3.05) is 6.54 Å². The second kappa shape index (κ2) is 7.41. The topological polar surface area (TPSA) is 42.0 Å². The van der Waals surface area contributed by atoms with Gasteiger partial charge in [0.2, 0.25) is 0 Å². The quantitative estimate of drug-likeness (QED) is 0.737. The van der Waals surface area contributed by atoms with Crippen molar-refractivity contribution in [2.24, 2.45) is 0 Å². The first-order valence-electron chi connectivity index (χ1n) is 8.01. The van der Waals surface area contributed by atoms with Crippen molar-refractivity contribution >= 4 is 17.2 Å². The van der Waals surface area contributed by atoms with E-state index in [-0.39, 0.29) is 11.8 Å². The molecule has 1 N–H and O–H groups in total. The molecule has 1 amide bonds. The fourth-order valence-corrected chi connectivity index (χ4v) is 3.46. The van der Waals surface area contributed by atoms with E-state index < -0.39 is 0 Å². The van der Waals surface area contributed by atoms with Crippen LogP contribution in [-0.4, -0.2) is 17.4 Å². The summed E-state index contributed by atoms with van der Waals surface area (Å²) >= 11 is 1.44. The Labute approximate surface area is 146 Å². The molecule has 1 heterocycles. The average Bonchev–Trinajstić information content (AvgIpc) is 3.03. The van der Waals surface area contributed by atoms with Gasteiger partial charge < -0.3 is 5.32 Å². The van der Waals surface area contributed by atoms with Crippen LogP contribution >= 0.6 is 11.3 Å². The fraction of sp³-hybridized carbons (Fsp3) is 0.200. The standard InChI is InChI=1S/C20H20N2OS/c1-14(16-9-5-3-6-10-16)13-21-20(23)19-18(22-15(2)24-19)17-11-7-4-8-12-17/h3-12,14H,13H2,1-2H3,(H,21,23)/t14-/m0/s1. The van der Waals surface area contributed by atoms with E-state index in [0.717, 1.165) is 16.3 Å². The van der Waals surface area contributed by atoms with Gasteiger partial charge in [-0.05, 0) is 18.4 Å². The average molecular weight is 336 g/mol. The lowest BCUT2D eigenvalue weighted by molar-refractivity contribution is 0.0956. The maximum atomic E-state index is 12.6. The predicted molar refractivity (Wildman–Crippen MR) is 99.5 cm³/mol. The number of nitrogens with one attached hydrogen (secondary N) is 1. The van der Waals surface area contributed by atoms with Crippen molar-refractivity contribution in [3.8, 4) is 11.3 Å². The van der Waals surface area contributed by atoms with E-state index in [9.17, 15) is 4.79 Å². The van der Waals surface area contributed by atoms with Crippen molar-refractivity contribution in [1.29, 1.82) is 0 Å². The van der Waals surface area contributed by atoms with Gasteiger partial charge in [0.25, 0.3) is 5.91 Å². The molecular formula is C20H20N2OS. The van der Waals surface area contributed by atoms with Crippen molar-refractivity contribution in [3.63, 3.8) is 0 Å². The lowest BCUT2D eigenvalue weighted by atomic mass is 10.0. The van der Waals surface area contributed by atoms with Gasteiger partial charge in [-0.1, -0.05) is 67.6 Å². The summed E-state index contributed by atoms with van der Waals surface area (Å²) in [6, 6.07) is 20.1. The van der Waals surface area contributed by atoms with Gasteiger partial charge in [-0.15, -0.1) is 11.3 Å². The number of hydrogen-bond acceptors (Lipinski definition) is 3. The van der Waals surface area contributed by atoms with Crippen molar-refractivity contribution in [1.82, 2.24) is 10.3 Å². The summed E-state index contributed by atoms with van der Waals surface area (Å²) in [7, 11) is 0. The van der Waals surface area contributed by atoms with E-state index >= 15 is 0 Å². The lowest BCUT2D eigenvalue weighted by Gasteiger charge is -2.13. The second-order valence-corrected chi connectivity index (χ2v) is 7.00. The van der Waals surface area contributed by atoms with E-state index in [0.29, 0.717) is 11.4 Å². The third kappa shape index (κ3) is 3.71. The van der Waals surface area contributed by atoms with E-state index in [2.05, 4.69) is 29.4 Å². The van der Waals surface area contributed by atoms with E-state index in [4.69, 9.17) is 0 Å². The molecule has 2 aromatic carbocycles. The molecule has 0 radical (unpaired) electrons. The molecule has 3 nitrogen and oxygen atoms in total. The minimum absolute atomic E-state index is 0.0535. The van der Waals surface area contributed by atoms with Crippen LogP contribution in [0.2, 0.25) is 0 Å². The summed E-state index contributed by atoms with van der Waals surface area (Å²) in [4.78, 5) is 17.9. The van der Waals surface area contributed by atoms with Gasteiger partial charge in [-0.2, -0.15) is 0 Å². The summed E-state index contributed by atoms with van der Waals surface area (Å²) in [5.41, 5.74) is 2.97. The van der Waals surface area contributed by atoms with Crippen LogP contribution in [0, 0.1) is 6.92 Å². The normalized spacial score (nSPS) is 11.9. The van der Waals surface area contributed by atoms with Gasteiger partial charge in [0.1, 0.15) is 4.88 Å². The van der Waals surface area contributed by atoms with Crippen LogP contribution in [0.3, 0.4) is 0 Å². The van der Waals surface area contributed by atoms with Gasteiger partial charge in [-0.3, -0.25) is 4.79 Å². The van der Waals surface area contributed by atoms with Crippen LogP contribution in [0.25, 0.3) is 11.3 Å². The fourth-order valence-electron chi connectivity index (χ4n) is 2.60. The molecule has 0 aliphatic heterocycles. The van der Waals surface area contributed by atoms with Crippen LogP contribution in [0.15, 0.2) is 60.7 Å². The maximum absolute atomic E-state index is 12.6. The van der Waals surface area contributed by atoms with Crippen LogP contribution in [0.1, 0.15) is 33.1 Å². The number of benzene rings is 2. The molecule has 0 saturated carbocycles. The Morgan fingerprint density at radius 3 is 2.38 bits per heavy atom. The Morgan fingerprint density at radius 2 is 1.71 bits per heavy atom. The SMILES string of the molecule is Cc1nc(-c2ccccc2)c(C(=O)NC[C@H](C)c2ccccc2)s1. The monoisotopic (exact) mass is 336 g/mol. The van der Waals surface area contributed by atoms with Crippen molar-refractivity contribution in [2.45, 2.75) is 19.8 Å². The van der Waals surface area contributed by atoms with E-state index in [1.54, 1.807) is 0 Å². The zero-order chi connectivity index (χ0) is 16.9. The highest BCUT2D eigenvalue weighted by Gasteiger charge is 2.18. The Kier molecular flexibility index (Phi) is 5.06. The molecule has 0 fully saturated rings. The molecule has 122 valence electrons. The van der Waals surface area contributed by atoms with Gasteiger partial charge in [0.05, 0.1) is 10.7 Å². The Balaban J connectivity index is 1.74. The van der Waals surface area contributed by atoms with E-state index in [1.807, 2.05) is 55.5 Å². The van der Waals surface area contributed by atoms with Gasteiger partial charge in [0.15, 0.2) is 0 Å². The number of amides is 1. The summed E-state index contributed by atoms with van der Waals surface area (Å²) < 4.78 is 0. The van der Waals surface area contributed by atoms with Crippen LogP contribution < -0.4 is 5.32 Å². The molecule has 3 aromatic rings. The summed E-state index contributed by atoms with van der Waals surface area (Å²) in [5, 5.41) is 3.95. The first-order valence-corrected chi connectivity index (χ1v) is 8.83. The molecule has 0 saturated heterocycles. The van der Waals surface area contributed by atoms with E-state index in [1.165, 1.54) is 16.9 Å². The molecular weight excluding hydrogens is 316 g/mol. The summed E-state index contributed by atoms with van der Waals surface area (Å²) in [5.74, 6) is 0.214. The highest BCUT2D eigenvalue weighted by Crippen LogP contribution is 2.28. The first kappa shape index (κ1) is 16.4. The number of hydrogen-bond donors (Lipinski definition) is 1. The van der Waals surface area contributed by atoms with Gasteiger partial charge >= 0.3 is 0 Å². The second-order valence-electron chi connectivity index (χ2n) is 5.80. The largest absolute Gasteiger partial charge is 0.351 e. The summed E-state index contributed by atoms with van der Waals surface area (Å²) in [6.07, 6.45) is 0. The minimum Gasteiger partial charge on any atom is -0.351 e.